The lowest BCUT2D eigenvalue weighted by molar-refractivity contribution is -0.131. The molecule has 5 nitrogen and oxygen atoms in total. The van der Waals surface area contributed by atoms with Crippen molar-refractivity contribution in [1.29, 1.82) is 0 Å². The molecule has 3 aliphatic rings. The predicted octanol–water partition coefficient (Wildman–Crippen LogP) is 8.48. The molecule has 6 aromatic carbocycles. The largest absolute Gasteiger partial charge is 0.455 e. The highest BCUT2D eigenvalue weighted by atomic mass is 16.5. The molecule has 5 heteroatoms. The first-order valence-electron chi connectivity index (χ1n) is 15.8. The molecular weight excluding hydrogens is 582 g/mol. The summed E-state index contributed by atoms with van der Waals surface area (Å²) in [5.74, 6) is -1.14. The summed E-state index contributed by atoms with van der Waals surface area (Å²) < 4.78 is 13.7. The van der Waals surface area contributed by atoms with Crippen LogP contribution >= 0.6 is 0 Å². The molecule has 226 valence electrons. The molecule has 0 N–H and O–H groups in total. The molecular formula is C42H29NO4. The third-order valence-electron chi connectivity index (χ3n) is 9.93. The molecule has 0 unspecified atom stereocenters. The van der Waals surface area contributed by atoms with Gasteiger partial charge in [0.2, 0.25) is 11.8 Å². The summed E-state index contributed by atoms with van der Waals surface area (Å²) in [5, 5.41) is 0. The van der Waals surface area contributed by atoms with Crippen LogP contribution in [-0.4, -0.2) is 11.8 Å². The third kappa shape index (κ3) is 3.81. The summed E-state index contributed by atoms with van der Waals surface area (Å²) in [4.78, 5) is 31.2. The Morgan fingerprint density at radius 3 is 1.49 bits per heavy atom. The van der Waals surface area contributed by atoms with E-state index in [9.17, 15) is 9.59 Å². The molecule has 0 aromatic heterocycles. The monoisotopic (exact) mass is 611 g/mol. The summed E-state index contributed by atoms with van der Waals surface area (Å²) in [7, 11) is 0. The van der Waals surface area contributed by atoms with Gasteiger partial charge < -0.3 is 9.47 Å². The van der Waals surface area contributed by atoms with E-state index in [1.165, 1.54) is 4.90 Å². The Morgan fingerprint density at radius 1 is 0.489 bits per heavy atom. The first kappa shape index (κ1) is 27.5. The van der Waals surface area contributed by atoms with E-state index in [2.05, 4.69) is 12.1 Å². The summed E-state index contributed by atoms with van der Waals surface area (Å²) in [6, 6.07) is 53.0. The minimum absolute atomic E-state index is 0.299. The number of nitrogens with zero attached hydrogens (tertiary/aromatic N) is 1. The summed E-state index contributed by atoms with van der Waals surface area (Å²) in [6.07, 6.45) is 0. The van der Waals surface area contributed by atoms with Crippen molar-refractivity contribution < 1.29 is 19.1 Å². The fraction of sp³-hybridized carbons (Fsp3) is 0.0952. The highest BCUT2D eigenvalue weighted by Crippen LogP contribution is 2.71. The molecule has 6 aromatic rings. The van der Waals surface area contributed by atoms with Gasteiger partial charge in [-0.2, -0.15) is 0 Å². The van der Waals surface area contributed by atoms with Crippen molar-refractivity contribution in [2.24, 2.45) is 11.8 Å². The van der Waals surface area contributed by atoms with E-state index in [4.69, 9.17) is 9.47 Å². The molecule has 3 heterocycles. The van der Waals surface area contributed by atoms with Crippen molar-refractivity contribution in [3.8, 4) is 22.6 Å². The number of fused-ring (bicyclic) bond motifs is 8. The van der Waals surface area contributed by atoms with Crippen LogP contribution in [0.1, 0.15) is 22.3 Å². The lowest BCUT2D eigenvalue weighted by Crippen LogP contribution is -2.42. The maximum atomic E-state index is 14.9. The standard InChI is InChI=1S/C42H29NO4/c44-39-37-38(40(45)43(39)35-22-12-13-23-36(35)46-32-26-24-29(25-27-32)28-14-4-1-5-15-28)42(31-18-8-3-9-19-31)34-21-11-10-20-33(34)41(37,47-42)30-16-6-2-7-17-30/h1-27,37-38H/t37-,38+,41+,42-. The van der Waals surface area contributed by atoms with Gasteiger partial charge in [-0.1, -0.05) is 140 Å². The zero-order valence-electron chi connectivity index (χ0n) is 25.3. The second kappa shape index (κ2) is 10.4. The van der Waals surface area contributed by atoms with Crippen molar-refractivity contribution in [3.63, 3.8) is 0 Å². The van der Waals surface area contributed by atoms with Crippen molar-refractivity contribution in [2.75, 3.05) is 4.90 Å². The Kier molecular flexibility index (Phi) is 6.08. The SMILES string of the molecule is O=C1[C@@H]2[C@H](C(=O)N1c1ccccc1Oc1ccc(-c3ccccc3)cc1)[C@@]1(c3ccccc3)O[C@]2(c2ccccc2)c2ccccc21. The molecule has 0 radical (unpaired) electrons. The van der Waals surface area contributed by atoms with Crippen LogP contribution in [0.5, 0.6) is 11.5 Å². The van der Waals surface area contributed by atoms with Crippen molar-refractivity contribution in [1.82, 2.24) is 0 Å². The van der Waals surface area contributed by atoms with Crippen LogP contribution < -0.4 is 9.64 Å². The Morgan fingerprint density at radius 2 is 0.936 bits per heavy atom. The van der Waals surface area contributed by atoms with Gasteiger partial charge in [0.25, 0.3) is 0 Å². The normalized spacial score (nSPS) is 23.9. The van der Waals surface area contributed by atoms with Crippen LogP contribution in [0.4, 0.5) is 5.69 Å². The van der Waals surface area contributed by atoms with Gasteiger partial charge in [0.05, 0.1) is 17.5 Å². The number of carbonyl (C=O) groups excluding carboxylic acids is 2. The Bertz CT molecular complexity index is 2060. The maximum absolute atomic E-state index is 14.9. The Hall–Kier alpha value is -5.78. The first-order chi connectivity index (χ1) is 23.1. The molecule has 2 fully saturated rings. The van der Waals surface area contributed by atoms with Crippen molar-refractivity contribution >= 4 is 17.5 Å². The van der Waals surface area contributed by atoms with Gasteiger partial charge in [0, 0.05) is 0 Å². The number of hydrogen-bond donors (Lipinski definition) is 0. The summed E-state index contributed by atoms with van der Waals surface area (Å²) in [6.45, 7) is 0. The zero-order chi connectivity index (χ0) is 31.6. The molecule has 2 saturated heterocycles. The van der Waals surface area contributed by atoms with Gasteiger partial charge in [-0.25, -0.2) is 4.90 Å². The Labute approximate surface area is 272 Å². The first-order valence-corrected chi connectivity index (χ1v) is 15.8. The lowest BCUT2D eigenvalue weighted by atomic mass is 9.61. The van der Waals surface area contributed by atoms with Gasteiger partial charge in [-0.05, 0) is 57.6 Å². The average Bonchev–Trinajstić information content (AvgIpc) is 3.73. The highest BCUT2D eigenvalue weighted by molar-refractivity contribution is 6.24. The van der Waals surface area contributed by atoms with E-state index in [1.807, 2.05) is 140 Å². The van der Waals surface area contributed by atoms with Gasteiger partial charge >= 0.3 is 0 Å². The molecule has 3 aliphatic heterocycles. The van der Waals surface area contributed by atoms with Crippen LogP contribution in [0.3, 0.4) is 0 Å². The van der Waals surface area contributed by atoms with E-state index in [1.54, 1.807) is 12.1 Å². The number of imide groups is 1. The number of carbonyl (C=O) groups is 2. The van der Waals surface area contributed by atoms with Gasteiger partial charge in [-0.15, -0.1) is 0 Å². The van der Waals surface area contributed by atoms with E-state index >= 15 is 0 Å². The number of anilines is 1. The highest BCUT2D eigenvalue weighted by Gasteiger charge is 2.78. The number of para-hydroxylation sites is 2. The smallest absolute Gasteiger partial charge is 0.241 e. The molecule has 0 aliphatic carbocycles. The number of rotatable bonds is 6. The van der Waals surface area contributed by atoms with Crippen molar-refractivity contribution in [2.45, 2.75) is 11.2 Å². The number of benzene rings is 6. The lowest BCUT2D eigenvalue weighted by Gasteiger charge is -2.34. The molecule has 2 bridgehead atoms. The minimum atomic E-state index is -1.15. The molecule has 0 spiro atoms. The van der Waals surface area contributed by atoms with Crippen molar-refractivity contribution in [3.05, 3.63) is 186 Å². The minimum Gasteiger partial charge on any atom is -0.455 e. The van der Waals surface area contributed by atoms with E-state index in [-0.39, 0.29) is 11.8 Å². The number of hydrogen-bond acceptors (Lipinski definition) is 4. The van der Waals surface area contributed by atoms with Gasteiger partial charge in [-0.3, -0.25) is 9.59 Å². The number of amides is 2. The van der Waals surface area contributed by atoms with Crippen LogP contribution in [0, 0.1) is 11.8 Å². The molecule has 4 atom stereocenters. The van der Waals surface area contributed by atoms with Crippen LogP contribution in [0.2, 0.25) is 0 Å². The van der Waals surface area contributed by atoms with Gasteiger partial charge in [0.1, 0.15) is 17.0 Å². The van der Waals surface area contributed by atoms with E-state index in [0.717, 1.165) is 33.4 Å². The third-order valence-corrected chi connectivity index (χ3v) is 9.93. The second-order valence-corrected chi connectivity index (χ2v) is 12.3. The zero-order valence-corrected chi connectivity index (χ0v) is 25.3. The molecule has 2 amide bonds. The fourth-order valence-electron chi connectivity index (χ4n) is 8.04. The van der Waals surface area contributed by atoms with E-state index < -0.39 is 23.0 Å². The average molecular weight is 612 g/mol. The predicted molar refractivity (Wildman–Crippen MR) is 180 cm³/mol. The van der Waals surface area contributed by atoms with Crippen LogP contribution in [0.15, 0.2) is 164 Å². The quantitative estimate of drug-likeness (QED) is 0.177. The van der Waals surface area contributed by atoms with E-state index in [0.29, 0.717) is 17.2 Å². The molecule has 9 rings (SSSR count). The van der Waals surface area contributed by atoms with Gasteiger partial charge in [0.15, 0.2) is 5.75 Å². The summed E-state index contributed by atoms with van der Waals surface area (Å²) >= 11 is 0. The maximum Gasteiger partial charge on any atom is 0.241 e. The number of ether oxygens (including phenoxy) is 2. The van der Waals surface area contributed by atoms with Crippen LogP contribution in [0.25, 0.3) is 11.1 Å². The Balaban J connectivity index is 1.17. The molecule has 0 saturated carbocycles. The fourth-order valence-corrected chi connectivity index (χ4v) is 8.04. The summed E-state index contributed by atoms with van der Waals surface area (Å²) in [5.41, 5.74) is 3.83. The second-order valence-electron chi connectivity index (χ2n) is 12.3. The topological polar surface area (TPSA) is 55.8 Å². The van der Waals surface area contributed by atoms with Crippen LogP contribution in [-0.2, 0) is 25.5 Å². The molecule has 47 heavy (non-hydrogen) atoms.